The van der Waals surface area contributed by atoms with Gasteiger partial charge in [0.25, 0.3) is 0 Å². The predicted octanol–water partition coefficient (Wildman–Crippen LogP) is 12.4. The van der Waals surface area contributed by atoms with Crippen molar-refractivity contribution >= 4 is 32.6 Å². The van der Waals surface area contributed by atoms with Gasteiger partial charge in [-0.1, -0.05) is 133 Å². The normalized spacial score (nSPS) is 11.8. The van der Waals surface area contributed by atoms with Crippen LogP contribution in [0.4, 0.5) is 0 Å². The van der Waals surface area contributed by atoms with Crippen LogP contribution in [0.5, 0.6) is 0 Å². The summed E-state index contributed by atoms with van der Waals surface area (Å²) in [7, 11) is 0. The summed E-state index contributed by atoms with van der Waals surface area (Å²) in [6.07, 6.45) is 3.68. The van der Waals surface area contributed by atoms with Crippen LogP contribution in [0.2, 0.25) is 0 Å². The molecule has 0 atom stereocenters. The molecule has 0 unspecified atom stereocenters. The molecule has 4 heteroatoms. The second-order valence-electron chi connectivity index (χ2n) is 13.6. The molecule has 0 aliphatic heterocycles. The van der Waals surface area contributed by atoms with E-state index < -0.39 is 0 Å². The first-order valence-corrected chi connectivity index (χ1v) is 17.9. The number of hydrogen-bond acceptors (Lipinski definition) is 3. The molecule has 0 radical (unpaired) electrons. The molecule has 7 aromatic carbocycles. The zero-order chi connectivity index (χ0) is 34.9. The molecule has 0 fully saturated rings. The van der Waals surface area contributed by atoms with E-state index in [1.54, 1.807) is 6.20 Å². The van der Waals surface area contributed by atoms with E-state index in [4.69, 9.17) is 9.97 Å². The fraction of sp³-hybridized carbons (Fsp3) is 0. The Hall–Kier alpha value is -7.17. The van der Waals surface area contributed by atoms with Gasteiger partial charge in [-0.3, -0.25) is 4.98 Å². The average molecular weight is 675 g/mol. The second-order valence-corrected chi connectivity index (χ2v) is 13.6. The minimum atomic E-state index is 0.690. The Bertz CT molecular complexity index is 3010. The molecule has 4 nitrogen and oxygen atoms in total. The van der Waals surface area contributed by atoms with Gasteiger partial charge in [-0.25, -0.2) is 9.97 Å². The molecule has 1 aliphatic carbocycles. The highest BCUT2D eigenvalue weighted by atomic mass is 15.0. The Kier molecular flexibility index (Phi) is 6.52. The van der Waals surface area contributed by atoms with E-state index in [9.17, 15) is 0 Å². The lowest BCUT2D eigenvalue weighted by Crippen LogP contribution is -1.97. The van der Waals surface area contributed by atoms with E-state index in [2.05, 4.69) is 167 Å². The van der Waals surface area contributed by atoms with E-state index in [-0.39, 0.29) is 0 Å². The third kappa shape index (κ3) is 4.66. The number of aromatic nitrogens is 4. The van der Waals surface area contributed by atoms with Gasteiger partial charge in [-0.15, -0.1) is 0 Å². The van der Waals surface area contributed by atoms with E-state index in [0.717, 1.165) is 44.9 Å². The molecule has 3 aromatic heterocycles. The number of benzene rings is 7. The number of para-hydroxylation sites is 1. The topological polar surface area (TPSA) is 43.6 Å². The Morgan fingerprint density at radius 1 is 0.415 bits per heavy atom. The van der Waals surface area contributed by atoms with Crippen molar-refractivity contribution in [3.63, 3.8) is 0 Å². The third-order valence-electron chi connectivity index (χ3n) is 10.7. The molecule has 11 rings (SSSR count). The molecule has 0 N–H and O–H groups in total. The fourth-order valence-corrected chi connectivity index (χ4v) is 8.22. The molecule has 0 spiro atoms. The van der Waals surface area contributed by atoms with Crippen molar-refractivity contribution in [2.24, 2.45) is 0 Å². The smallest absolute Gasteiger partial charge is 0.160 e. The highest BCUT2D eigenvalue weighted by Gasteiger charge is 2.26. The predicted molar refractivity (Wildman–Crippen MR) is 218 cm³/mol. The van der Waals surface area contributed by atoms with Crippen LogP contribution >= 0.6 is 0 Å². The summed E-state index contributed by atoms with van der Waals surface area (Å²) in [5.41, 5.74) is 15.8. The van der Waals surface area contributed by atoms with Gasteiger partial charge in [0, 0.05) is 51.1 Å². The maximum absolute atomic E-state index is 5.14. The van der Waals surface area contributed by atoms with Crippen LogP contribution in [-0.4, -0.2) is 19.5 Å². The molecule has 246 valence electrons. The van der Waals surface area contributed by atoms with Crippen LogP contribution in [0.3, 0.4) is 0 Å². The van der Waals surface area contributed by atoms with Crippen molar-refractivity contribution in [2.45, 2.75) is 0 Å². The SMILES string of the molecule is c1ccc(-c2cc(-c3ccc(-n4c5ccccc5c5c6c(ccc54)-c4cccc5cccc-6c45)cc3)nc(-c3ccc(-c4cccnc4)cc3)n2)cc1. The van der Waals surface area contributed by atoms with Crippen molar-refractivity contribution in [2.75, 3.05) is 0 Å². The molecular formula is C49H30N4. The van der Waals surface area contributed by atoms with Crippen LogP contribution in [0.15, 0.2) is 182 Å². The summed E-state index contributed by atoms with van der Waals surface area (Å²) < 4.78 is 2.41. The van der Waals surface area contributed by atoms with E-state index in [0.29, 0.717) is 5.82 Å². The second kappa shape index (κ2) is 11.7. The Balaban J connectivity index is 1.04. The maximum Gasteiger partial charge on any atom is 0.160 e. The van der Waals surface area contributed by atoms with Crippen molar-refractivity contribution in [1.82, 2.24) is 19.5 Å². The monoisotopic (exact) mass is 674 g/mol. The number of hydrogen-bond donors (Lipinski definition) is 0. The first kappa shape index (κ1) is 29.5. The van der Waals surface area contributed by atoms with E-state index in [1.165, 1.54) is 54.8 Å². The zero-order valence-electron chi connectivity index (χ0n) is 28.6. The highest BCUT2D eigenvalue weighted by Crippen LogP contribution is 2.52. The number of fused-ring (bicyclic) bond motifs is 7. The van der Waals surface area contributed by atoms with Crippen LogP contribution in [0, 0.1) is 0 Å². The fourth-order valence-electron chi connectivity index (χ4n) is 8.22. The van der Waals surface area contributed by atoms with E-state index >= 15 is 0 Å². The average Bonchev–Trinajstić information content (AvgIpc) is 3.75. The van der Waals surface area contributed by atoms with Gasteiger partial charge in [0.2, 0.25) is 0 Å². The summed E-state index contributed by atoms with van der Waals surface area (Å²) in [5, 5.41) is 5.19. The lowest BCUT2D eigenvalue weighted by molar-refractivity contribution is 1.17. The summed E-state index contributed by atoms with van der Waals surface area (Å²) in [6, 6.07) is 60.4. The van der Waals surface area contributed by atoms with Gasteiger partial charge in [0.05, 0.1) is 22.4 Å². The van der Waals surface area contributed by atoms with Crippen molar-refractivity contribution in [3.8, 4) is 73.0 Å². The quantitative estimate of drug-likeness (QED) is 0.182. The number of nitrogens with zero attached hydrogens (tertiary/aromatic N) is 4. The lowest BCUT2D eigenvalue weighted by atomic mass is 9.98. The molecule has 10 aromatic rings. The van der Waals surface area contributed by atoms with Crippen LogP contribution in [0.1, 0.15) is 0 Å². The largest absolute Gasteiger partial charge is 0.309 e. The maximum atomic E-state index is 5.14. The first-order chi connectivity index (χ1) is 26.3. The summed E-state index contributed by atoms with van der Waals surface area (Å²) >= 11 is 0. The Morgan fingerprint density at radius 3 is 1.87 bits per heavy atom. The molecule has 0 amide bonds. The molecule has 1 aliphatic rings. The number of pyridine rings is 1. The van der Waals surface area contributed by atoms with Crippen molar-refractivity contribution in [3.05, 3.63) is 182 Å². The van der Waals surface area contributed by atoms with Gasteiger partial charge >= 0.3 is 0 Å². The standard InChI is InChI=1S/C49H30N4/c1-2-9-32(10-3-1)42-29-43(52-49(51-42)35-20-18-31(19-21-35)36-13-8-28-50-30-36)33-22-24-37(25-23-33)53-44-17-5-4-14-40(44)48-45(53)27-26-39-38-15-6-11-34-12-7-16-41(46(34)38)47(39)48/h1-30H. The molecule has 53 heavy (non-hydrogen) atoms. The summed E-state index contributed by atoms with van der Waals surface area (Å²) in [4.78, 5) is 14.5. The molecule has 0 saturated heterocycles. The molecule has 0 bridgehead atoms. The highest BCUT2D eigenvalue weighted by molar-refractivity contribution is 6.26. The van der Waals surface area contributed by atoms with Crippen LogP contribution in [0.25, 0.3) is 106 Å². The van der Waals surface area contributed by atoms with Crippen LogP contribution < -0.4 is 0 Å². The van der Waals surface area contributed by atoms with Gasteiger partial charge in [0.15, 0.2) is 5.82 Å². The van der Waals surface area contributed by atoms with Crippen LogP contribution in [-0.2, 0) is 0 Å². The van der Waals surface area contributed by atoms with E-state index in [1.807, 2.05) is 18.3 Å². The van der Waals surface area contributed by atoms with Gasteiger partial charge in [-0.05, 0) is 75.0 Å². The van der Waals surface area contributed by atoms with Gasteiger partial charge in [0.1, 0.15) is 0 Å². The minimum absolute atomic E-state index is 0.690. The lowest BCUT2D eigenvalue weighted by Gasteiger charge is -2.12. The third-order valence-corrected chi connectivity index (χ3v) is 10.7. The molecule has 0 saturated carbocycles. The summed E-state index contributed by atoms with van der Waals surface area (Å²) in [5.74, 6) is 0.690. The first-order valence-electron chi connectivity index (χ1n) is 17.9. The molecular weight excluding hydrogens is 645 g/mol. The molecule has 3 heterocycles. The van der Waals surface area contributed by atoms with Crippen molar-refractivity contribution < 1.29 is 0 Å². The minimum Gasteiger partial charge on any atom is -0.309 e. The Labute approximate surface area is 306 Å². The Morgan fingerprint density at radius 2 is 1.09 bits per heavy atom. The van der Waals surface area contributed by atoms with Gasteiger partial charge in [-0.2, -0.15) is 0 Å². The number of rotatable bonds is 5. The van der Waals surface area contributed by atoms with Crippen molar-refractivity contribution in [1.29, 1.82) is 0 Å². The summed E-state index contributed by atoms with van der Waals surface area (Å²) in [6.45, 7) is 0. The van der Waals surface area contributed by atoms with Gasteiger partial charge < -0.3 is 4.57 Å². The zero-order valence-corrected chi connectivity index (χ0v) is 28.6.